The topological polar surface area (TPSA) is 106 Å². The molecular weight excluding hydrogens is 369 g/mol. The minimum Gasteiger partial charge on any atom is -0.384 e. The lowest BCUT2D eigenvalue weighted by atomic mass is 9.94. The van der Waals surface area contributed by atoms with E-state index in [1.54, 1.807) is 18.2 Å². The molecule has 0 amide bonds. The lowest BCUT2D eigenvalue weighted by molar-refractivity contribution is -0.137. The molecule has 1 aromatic heterocycles. The normalized spacial score (nSPS) is 10.9. The lowest BCUT2D eigenvalue weighted by Gasteiger charge is -2.11. The number of benzene rings is 2. The molecule has 0 saturated heterocycles. The van der Waals surface area contributed by atoms with Crippen molar-refractivity contribution in [2.24, 2.45) is 0 Å². The number of pyridine rings is 1. The molecule has 28 heavy (non-hydrogen) atoms. The Morgan fingerprint density at radius 1 is 0.893 bits per heavy atom. The highest BCUT2D eigenvalue weighted by Crippen LogP contribution is 2.33. The van der Waals surface area contributed by atoms with Crippen LogP contribution in [0.4, 0.5) is 19.0 Å². The monoisotopic (exact) mass is 380 g/mol. The second-order valence-electron chi connectivity index (χ2n) is 5.87. The number of rotatable bonds is 2. The molecule has 3 N–H and O–H groups in total. The zero-order valence-electron chi connectivity index (χ0n) is 14.1. The number of hydrogen-bond donors (Lipinski definition) is 2. The number of nitrogen functional groups attached to an aromatic ring is 1. The predicted molar refractivity (Wildman–Crippen MR) is 96.8 cm³/mol. The summed E-state index contributed by atoms with van der Waals surface area (Å²) in [4.78, 5) is 14.2. The molecule has 0 aliphatic carbocycles. The van der Waals surface area contributed by atoms with Gasteiger partial charge in [-0.2, -0.15) is 23.7 Å². The minimum atomic E-state index is -4.46. The molecule has 0 bridgehead atoms. The lowest BCUT2D eigenvalue weighted by Crippen LogP contribution is -2.16. The third kappa shape index (κ3) is 3.31. The molecule has 5 nitrogen and oxygen atoms in total. The summed E-state index contributed by atoms with van der Waals surface area (Å²) in [6.45, 7) is 0. The Balaban J connectivity index is 2.13. The molecule has 138 valence electrons. The van der Waals surface area contributed by atoms with Crippen molar-refractivity contribution in [1.29, 1.82) is 10.5 Å². The Kier molecular flexibility index (Phi) is 4.64. The van der Waals surface area contributed by atoms with E-state index in [0.717, 1.165) is 12.1 Å². The molecule has 1 heterocycles. The van der Waals surface area contributed by atoms with Crippen LogP contribution in [0, 0.1) is 22.7 Å². The molecule has 2 aromatic carbocycles. The van der Waals surface area contributed by atoms with Crippen LogP contribution in [0.3, 0.4) is 0 Å². The van der Waals surface area contributed by atoms with Gasteiger partial charge in [0.25, 0.3) is 5.56 Å². The van der Waals surface area contributed by atoms with Crippen LogP contribution in [0.25, 0.3) is 22.3 Å². The third-order valence-corrected chi connectivity index (χ3v) is 4.17. The van der Waals surface area contributed by atoms with Gasteiger partial charge in [-0.1, -0.05) is 36.4 Å². The quantitative estimate of drug-likeness (QED) is 0.699. The number of anilines is 1. The van der Waals surface area contributed by atoms with Crippen molar-refractivity contribution in [1.82, 2.24) is 4.98 Å². The van der Waals surface area contributed by atoms with E-state index < -0.39 is 17.3 Å². The summed E-state index contributed by atoms with van der Waals surface area (Å²) in [6, 6.07) is 14.6. The van der Waals surface area contributed by atoms with Crippen molar-refractivity contribution < 1.29 is 13.2 Å². The van der Waals surface area contributed by atoms with Gasteiger partial charge >= 0.3 is 6.18 Å². The molecular formula is C20H11F3N4O. The Morgan fingerprint density at radius 2 is 1.50 bits per heavy atom. The summed E-state index contributed by atoms with van der Waals surface area (Å²) in [5.41, 5.74) is 5.18. The minimum absolute atomic E-state index is 0.0528. The van der Waals surface area contributed by atoms with Gasteiger partial charge in [0.15, 0.2) is 0 Å². The SMILES string of the molecule is N#Cc1c(N)[nH]c(=O)c(C#N)c1-c1ccc(-c2cccc(C(F)(F)F)c2)cc1. The fourth-order valence-electron chi connectivity index (χ4n) is 2.84. The highest BCUT2D eigenvalue weighted by molar-refractivity contribution is 5.81. The summed E-state index contributed by atoms with van der Waals surface area (Å²) in [7, 11) is 0. The predicted octanol–water partition coefficient (Wildman–Crippen LogP) is 4.05. The fraction of sp³-hybridized carbons (Fsp3) is 0.0500. The van der Waals surface area contributed by atoms with Crippen LogP contribution in [0.5, 0.6) is 0 Å². The van der Waals surface area contributed by atoms with E-state index in [2.05, 4.69) is 4.98 Å². The first-order chi connectivity index (χ1) is 13.3. The molecule has 0 saturated carbocycles. The number of hydrogen-bond acceptors (Lipinski definition) is 4. The van der Waals surface area contributed by atoms with Crippen LogP contribution in [0.1, 0.15) is 16.7 Å². The summed E-state index contributed by atoms with van der Waals surface area (Å²) >= 11 is 0. The molecule has 0 radical (unpaired) electrons. The van der Waals surface area contributed by atoms with Crippen molar-refractivity contribution in [3.8, 4) is 34.4 Å². The Bertz CT molecular complexity index is 1200. The van der Waals surface area contributed by atoms with Crippen LogP contribution >= 0.6 is 0 Å². The third-order valence-electron chi connectivity index (χ3n) is 4.17. The molecule has 0 aliphatic rings. The van der Waals surface area contributed by atoms with Gasteiger partial charge in [-0.3, -0.25) is 4.79 Å². The van der Waals surface area contributed by atoms with Crippen molar-refractivity contribution in [3.63, 3.8) is 0 Å². The number of halogens is 3. The number of nitrogens with one attached hydrogen (secondary N) is 1. The van der Waals surface area contributed by atoms with E-state index in [9.17, 15) is 28.5 Å². The van der Waals surface area contributed by atoms with Crippen LogP contribution in [0.2, 0.25) is 0 Å². The number of nitrogens with two attached hydrogens (primary N) is 1. The van der Waals surface area contributed by atoms with Crippen LogP contribution in [0.15, 0.2) is 53.3 Å². The maximum Gasteiger partial charge on any atom is 0.416 e. The molecule has 0 spiro atoms. The van der Waals surface area contributed by atoms with Crippen LogP contribution in [-0.4, -0.2) is 4.98 Å². The molecule has 0 fully saturated rings. The van der Waals surface area contributed by atoms with E-state index in [1.165, 1.54) is 24.3 Å². The van der Waals surface area contributed by atoms with Crippen molar-refractivity contribution in [2.75, 3.05) is 5.73 Å². The zero-order chi connectivity index (χ0) is 20.5. The molecule has 0 unspecified atom stereocenters. The zero-order valence-corrected chi connectivity index (χ0v) is 14.1. The smallest absolute Gasteiger partial charge is 0.384 e. The number of aromatic nitrogens is 1. The molecule has 8 heteroatoms. The number of aromatic amines is 1. The second-order valence-corrected chi connectivity index (χ2v) is 5.87. The molecule has 0 atom stereocenters. The van der Waals surface area contributed by atoms with Gasteiger partial charge in [-0.15, -0.1) is 0 Å². The van der Waals surface area contributed by atoms with Crippen LogP contribution in [-0.2, 0) is 6.18 Å². The van der Waals surface area contributed by atoms with Gasteiger partial charge in [0, 0.05) is 5.56 Å². The van der Waals surface area contributed by atoms with Crippen molar-refractivity contribution in [2.45, 2.75) is 6.18 Å². The van der Waals surface area contributed by atoms with E-state index in [-0.39, 0.29) is 22.5 Å². The number of nitriles is 2. The van der Waals surface area contributed by atoms with Crippen LogP contribution < -0.4 is 11.3 Å². The Morgan fingerprint density at radius 3 is 2.07 bits per heavy atom. The van der Waals surface area contributed by atoms with Crippen molar-refractivity contribution >= 4 is 5.82 Å². The summed E-state index contributed by atoms with van der Waals surface area (Å²) in [5, 5.41) is 18.6. The molecule has 3 rings (SSSR count). The summed E-state index contributed by atoms with van der Waals surface area (Å²) in [6.07, 6.45) is -4.46. The van der Waals surface area contributed by atoms with Gasteiger partial charge in [-0.25, -0.2) is 0 Å². The van der Waals surface area contributed by atoms with E-state index in [4.69, 9.17) is 5.73 Å². The van der Waals surface area contributed by atoms with E-state index in [0.29, 0.717) is 16.7 Å². The number of nitrogens with zero attached hydrogens (tertiary/aromatic N) is 2. The number of H-pyrrole nitrogens is 1. The van der Waals surface area contributed by atoms with Gasteiger partial charge in [-0.05, 0) is 28.8 Å². The Labute approximate surface area is 157 Å². The molecule has 0 aliphatic heterocycles. The Hall–Kier alpha value is -4.04. The van der Waals surface area contributed by atoms with Gasteiger partial charge in [0.2, 0.25) is 0 Å². The number of alkyl halides is 3. The highest BCUT2D eigenvalue weighted by Gasteiger charge is 2.30. The average Bonchev–Trinajstić information content (AvgIpc) is 2.67. The standard InChI is InChI=1S/C20H11F3N4O/c21-20(22,23)14-3-1-2-13(8-14)11-4-6-12(7-5-11)17-15(9-24)18(26)27-19(28)16(17)10-25/h1-8H,(H3,26,27,28). The first-order valence-corrected chi connectivity index (χ1v) is 7.90. The first kappa shape index (κ1) is 18.7. The van der Waals surface area contributed by atoms with Gasteiger partial charge in [0.1, 0.15) is 29.1 Å². The summed E-state index contributed by atoms with van der Waals surface area (Å²) in [5.74, 6) is -0.163. The fourth-order valence-corrected chi connectivity index (χ4v) is 2.84. The van der Waals surface area contributed by atoms with Crippen molar-refractivity contribution in [3.05, 3.63) is 75.6 Å². The highest BCUT2D eigenvalue weighted by atomic mass is 19.4. The average molecular weight is 380 g/mol. The second kappa shape index (κ2) is 6.93. The maximum atomic E-state index is 12.9. The maximum absolute atomic E-state index is 12.9. The van der Waals surface area contributed by atoms with E-state index >= 15 is 0 Å². The van der Waals surface area contributed by atoms with Gasteiger partial charge in [0.05, 0.1) is 5.56 Å². The summed E-state index contributed by atoms with van der Waals surface area (Å²) < 4.78 is 38.7. The van der Waals surface area contributed by atoms with Gasteiger partial charge < -0.3 is 10.7 Å². The first-order valence-electron chi connectivity index (χ1n) is 7.90. The molecule has 3 aromatic rings. The van der Waals surface area contributed by atoms with E-state index in [1.807, 2.05) is 6.07 Å². The largest absolute Gasteiger partial charge is 0.416 e.